The number of esters is 2. The minimum Gasteiger partial charge on any atom is -0.466 e. The smallest absolute Gasteiger partial charge is 0.334 e. The maximum absolute atomic E-state index is 12.1. The fourth-order valence-electron chi connectivity index (χ4n) is 3.72. The van der Waals surface area contributed by atoms with Gasteiger partial charge < -0.3 is 9.47 Å². The molecule has 4 rings (SSSR count). The molecule has 2 bridgehead atoms. The summed E-state index contributed by atoms with van der Waals surface area (Å²) in [7, 11) is 2.68. The number of ether oxygens (including phenoxy) is 2. The first-order valence-corrected chi connectivity index (χ1v) is 8.23. The Morgan fingerprint density at radius 3 is 1.55 bits per heavy atom. The van der Waals surface area contributed by atoms with Crippen LogP contribution >= 0.6 is 31.9 Å². The maximum atomic E-state index is 12.1. The number of allylic oxidation sites excluding steroid dienone is 2. The highest BCUT2D eigenvalue weighted by molar-refractivity contribution is 9.12. The average Bonchev–Trinajstić information content (AvgIpc) is 2.50. The molecule has 108 valence electrons. The second-order valence-electron chi connectivity index (χ2n) is 5.29. The summed E-state index contributed by atoms with van der Waals surface area (Å²) in [5.74, 6) is -0.384. The molecule has 0 aromatic heterocycles. The van der Waals surface area contributed by atoms with E-state index in [-0.39, 0.29) is 11.8 Å². The average molecular weight is 406 g/mol. The van der Waals surface area contributed by atoms with Gasteiger partial charge in [-0.25, -0.2) is 9.59 Å². The number of carbonyl (C=O) groups excluding carboxylic acids is 2. The van der Waals surface area contributed by atoms with Gasteiger partial charge >= 0.3 is 11.9 Å². The zero-order valence-corrected chi connectivity index (χ0v) is 14.2. The van der Waals surface area contributed by atoms with E-state index in [2.05, 4.69) is 31.9 Å². The van der Waals surface area contributed by atoms with Crippen molar-refractivity contribution in [1.29, 1.82) is 0 Å². The van der Waals surface area contributed by atoms with Crippen molar-refractivity contribution in [3.8, 4) is 0 Å². The highest BCUT2D eigenvalue weighted by Crippen LogP contribution is 2.61. The molecule has 0 aromatic rings. The van der Waals surface area contributed by atoms with Gasteiger partial charge in [0.2, 0.25) is 0 Å². The molecule has 6 heteroatoms. The van der Waals surface area contributed by atoms with Crippen LogP contribution in [0.3, 0.4) is 0 Å². The van der Waals surface area contributed by atoms with Crippen molar-refractivity contribution >= 4 is 43.8 Å². The van der Waals surface area contributed by atoms with Crippen LogP contribution in [0.5, 0.6) is 0 Å². The molecule has 4 aliphatic carbocycles. The second kappa shape index (κ2) is 4.98. The molecule has 0 heterocycles. The molecule has 6 atom stereocenters. The quantitative estimate of drug-likeness (QED) is 0.401. The van der Waals surface area contributed by atoms with Crippen LogP contribution in [-0.2, 0) is 19.1 Å². The molecular weight excluding hydrogens is 392 g/mol. The molecule has 0 aliphatic heterocycles. The Labute approximate surface area is 133 Å². The van der Waals surface area contributed by atoms with E-state index in [1.807, 2.05) is 12.2 Å². The lowest BCUT2D eigenvalue weighted by Crippen LogP contribution is -2.60. The summed E-state index contributed by atoms with van der Waals surface area (Å²) >= 11 is 7.34. The van der Waals surface area contributed by atoms with Crippen LogP contribution < -0.4 is 0 Å². The first-order valence-electron chi connectivity index (χ1n) is 6.40. The van der Waals surface area contributed by atoms with Gasteiger partial charge in [0.1, 0.15) is 0 Å². The Morgan fingerprint density at radius 2 is 1.25 bits per heavy atom. The highest BCUT2D eigenvalue weighted by Gasteiger charge is 2.61. The lowest BCUT2D eigenvalue weighted by atomic mass is 9.51. The van der Waals surface area contributed by atoms with Gasteiger partial charge in [-0.1, -0.05) is 44.0 Å². The Kier molecular flexibility index (Phi) is 3.57. The second-order valence-corrected chi connectivity index (χ2v) is 7.41. The molecule has 4 nitrogen and oxygen atoms in total. The van der Waals surface area contributed by atoms with E-state index in [1.165, 1.54) is 14.2 Å². The van der Waals surface area contributed by atoms with E-state index in [4.69, 9.17) is 9.47 Å². The van der Waals surface area contributed by atoms with Crippen LogP contribution in [0.4, 0.5) is 0 Å². The Hall–Kier alpha value is -0.620. The largest absolute Gasteiger partial charge is 0.466 e. The number of carbonyl (C=O) groups is 2. The van der Waals surface area contributed by atoms with Crippen LogP contribution in [0.1, 0.15) is 0 Å². The number of methoxy groups -OCH3 is 2. The monoisotopic (exact) mass is 404 g/mol. The summed E-state index contributed by atoms with van der Waals surface area (Å²) in [6, 6.07) is 0. The first-order chi connectivity index (χ1) is 9.52. The van der Waals surface area contributed by atoms with E-state index in [9.17, 15) is 9.59 Å². The molecule has 0 aromatic carbocycles. The number of halogens is 2. The molecule has 0 amide bonds. The molecule has 0 unspecified atom stereocenters. The summed E-state index contributed by atoms with van der Waals surface area (Å²) < 4.78 is 9.74. The lowest BCUT2D eigenvalue weighted by molar-refractivity contribution is -0.141. The van der Waals surface area contributed by atoms with E-state index >= 15 is 0 Å². The minimum atomic E-state index is -0.430. The van der Waals surface area contributed by atoms with Crippen molar-refractivity contribution in [3.63, 3.8) is 0 Å². The summed E-state index contributed by atoms with van der Waals surface area (Å²) in [5.41, 5.74) is 0.939. The van der Waals surface area contributed by atoms with Crippen LogP contribution in [0, 0.1) is 23.7 Å². The van der Waals surface area contributed by atoms with Crippen molar-refractivity contribution in [2.45, 2.75) is 9.65 Å². The Bertz CT molecular complexity index is 493. The van der Waals surface area contributed by atoms with Gasteiger partial charge in [-0.15, -0.1) is 0 Å². The van der Waals surface area contributed by atoms with Crippen molar-refractivity contribution in [2.24, 2.45) is 23.7 Å². The first kappa shape index (κ1) is 14.3. The third-order valence-corrected chi connectivity index (χ3v) is 7.68. The van der Waals surface area contributed by atoms with Crippen molar-refractivity contribution in [2.75, 3.05) is 14.2 Å². The number of alkyl halides is 2. The standard InChI is InChI=1S/C14H14Br2O4/c1-19-13(17)9-5-3-4-6(10(9)14(18)20-2)8-7(5)11(15)12(8)16/h3-8,11-12H,1-2H3/t5-,6-,7+,8+,11-,12+/m0/s1. The molecule has 20 heavy (non-hydrogen) atoms. The minimum absolute atomic E-state index is 0.0790. The molecular formula is C14H14Br2O4. The van der Waals surface area contributed by atoms with E-state index in [0.29, 0.717) is 32.6 Å². The predicted octanol–water partition coefficient (Wildman–Crippen LogP) is 2.22. The SMILES string of the molecule is COC(=O)C1=C(C(=O)OC)[C@H]2C=C[C@H]1[C@H]1[C@H](Br)[C@H](Br)[C@@H]12. The van der Waals surface area contributed by atoms with Crippen LogP contribution in [-0.4, -0.2) is 35.8 Å². The van der Waals surface area contributed by atoms with Crippen molar-refractivity contribution in [1.82, 2.24) is 0 Å². The molecule has 1 saturated carbocycles. The third-order valence-electron chi connectivity index (χ3n) is 4.61. The summed E-state index contributed by atoms with van der Waals surface area (Å²) in [4.78, 5) is 24.8. The molecule has 0 radical (unpaired) electrons. The van der Waals surface area contributed by atoms with Gasteiger partial charge in [0.15, 0.2) is 0 Å². The number of rotatable bonds is 2. The van der Waals surface area contributed by atoms with Gasteiger partial charge in [0, 0.05) is 21.5 Å². The Balaban J connectivity index is 2.11. The predicted molar refractivity (Wildman–Crippen MR) is 79.6 cm³/mol. The van der Waals surface area contributed by atoms with Gasteiger partial charge in [-0.2, -0.15) is 0 Å². The molecule has 1 fully saturated rings. The molecule has 0 spiro atoms. The lowest BCUT2D eigenvalue weighted by Gasteiger charge is -2.58. The van der Waals surface area contributed by atoms with E-state index < -0.39 is 11.9 Å². The number of hydrogen-bond acceptors (Lipinski definition) is 4. The zero-order valence-electron chi connectivity index (χ0n) is 11.0. The fourth-order valence-corrected chi connectivity index (χ4v) is 5.79. The van der Waals surface area contributed by atoms with E-state index in [0.717, 1.165) is 0 Å². The van der Waals surface area contributed by atoms with Gasteiger partial charge in [0.05, 0.1) is 25.4 Å². The summed E-state index contributed by atoms with van der Waals surface area (Å²) in [6.07, 6.45) is 4.05. The molecule has 0 saturated heterocycles. The van der Waals surface area contributed by atoms with Crippen LogP contribution in [0.2, 0.25) is 0 Å². The van der Waals surface area contributed by atoms with Gasteiger partial charge in [-0.05, 0) is 11.8 Å². The third kappa shape index (κ3) is 1.70. The summed E-state index contributed by atoms with van der Waals surface area (Å²) in [6.45, 7) is 0. The summed E-state index contributed by atoms with van der Waals surface area (Å²) in [5, 5.41) is 0. The van der Waals surface area contributed by atoms with Crippen molar-refractivity contribution < 1.29 is 19.1 Å². The van der Waals surface area contributed by atoms with E-state index in [1.54, 1.807) is 0 Å². The van der Waals surface area contributed by atoms with Crippen molar-refractivity contribution in [3.05, 3.63) is 23.3 Å². The van der Waals surface area contributed by atoms with Crippen LogP contribution in [0.25, 0.3) is 0 Å². The molecule has 0 N–H and O–H groups in total. The fraction of sp³-hybridized carbons (Fsp3) is 0.571. The van der Waals surface area contributed by atoms with Crippen LogP contribution in [0.15, 0.2) is 23.3 Å². The van der Waals surface area contributed by atoms with Gasteiger partial charge in [0.25, 0.3) is 0 Å². The molecule has 4 aliphatic rings. The zero-order chi connectivity index (χ0) is 14.6. The van der Waals surface area contributed by atoms with Gasteiger partial charge in [-0.3, -0.25) is 0 Å². The topological polar surface area (TPSA) is 52.6 Å². The maximum Gasteiger partial charge on any atom is 0.334 e. The Morgan fingerprint density at radius 1 is 0.900 bits per heavy atom. The highest BCUT2D eigenvalue weighted by atomic mass is 79.9. The number of hydrogen-bond donors (Lipinski definition) is 0. The normalized spacial score (nSPS) is 41.0.